The predicted octanol–water partition coefficient (Wildman–Crippen LogP) is 3.74. The number of nitrogens with one attached hydrogen (secondary N) is 3. The van der Waals surface area contributed by atoms with Crippen LogP contribution in [-0.2, 0) is 0 Å². The highest BCUT2D eigenvalue weighted by Gasteiger charge is 2.23. The Labute approximate surface area is 205 Å². The molecule has 1 aliphatic carbocycles. The first-order valence-corrected chi connectivity index (χ1v) is 12.4. The smallest absolute Gasteiger partial charge is 0.254 e. The lowest BCUT2D eigenvalue weighted by molar-refractivity contribution is 0.100. The summed E-state index contributed by atoms with van der Waals surface area (Å²) >= 11 is 0. The second-order valence-electron chi connectivity index (χ2n) is 9.50. The van der Waals surface area contributed by atoms with Crippen LogP contribution in [0.15, 0.2) is 54.7 Å². The van der Waals surface area contributed by atoms with E-state index in [9.17, 15) is 4.79 Å². The minimum absolute atomic E-state index is 0.0615. The molecule has 2 aliphatic rings. The summed E-state index contributed by atoms with van der Waals surface area (Å²) in [6, 6.07) is 16.9. The van der Waals surface area contributed by atoms with Crippen LogP contribution in [0.25, 0.3) is 11.1 Å². The van der Waals surface area contributed by atoms with Gasteiger partial charge in [0.25, 0.3) is 5.91 Å². The van der Waals surface area contributed by atoms with Crippen molar-refractivity contribution in [2.75, 3.05) is 23.7 Å². The molecule has 1 saturated carbocycles. The molecular formula is C27H33N7O. The Morgan fingerprint density at radius 3 is 2.71 bits per heavy atom. The molecule has 1 saturated heterocycles. The Balaban J connectivity index is 1.42. The van der Waals surface area contributed by atoms with Gasteiger partial charge in [0, 0.05) is 30.5 Å². The average molecular weight is 472 g/mol. The lowest BCUT2D eigenvalue weighted by Gasteiger charge is -2.29. The zero-order chi connectivity index (χ0) is 24.2. The molecular weight excluding hydrogens is 438 g/mol. The molecule has 1 amide bonds. The minimum atomic E-state index is -0.580. The largest absolute Gasteiger partial charge is 0.365 e. The topological polar surface area (TPSA) is 131 Å². The third-order valence-corrected chi connectivity index (χ3v) is 7.09. The molecule has 1 unspecified atom stereocenters. The van der Waals surface area contributed by atoms with E-state index in [4.69, 9.17) is 11.5 Å². The van der Waals surface area contributed by atoms with Crippen molar-refractivity contribution < 1.29 is 4.79 Å². The Morgan fingerprint density at radius 2 is 1.91 bits per heavy atom. The number of amides is 1. The first-order valence-electron chi connectivity index (χ1n) is 12.4. The lowest BCUT2D eigenvalue weighted by Crippen LogP contribution is -2.43. The zero-order valence-corrected chi connectivity index (χ0v) is 19.8. The van der Waals surface area contributed by atoms with Gasteiger partial charge >= 0.3 is 0 Å². The molecule has 0 spiro atoms. The van der Waals surface area contributed by atoms with Gasteiger partial charge in [0.2, 0.25) is 5.95 Å². The van der Waals surface area contributed by atoms with Crippen molar-refractivity contribution in [2.24, 2.45) is 11.5 Å². The van der Waals surface area contributed by atoms with Crippen LogP contribution in [-0.4, -0.2) is 41.0 Å². The van der Waals surface area contributed by atoms with Gasteiger partial charge in [0.05, 0.1) is 0 Å². The highest BCUT2D eigenvalue weighted by Crippen LogP contribution is 2.34. The summed E-state index contributed by atoms with van der Waals surface area (Å²) in [6.45, 7) is 2.05. The number of primary amides is 1. The van der Waals surface area contributed by atoms with Crippen molar-refractivity contribution in [1.82, 2.24) is 15.3 Å². The minimum Gasteiger partial charge on any atom is -0.365 e. The lowest BCUT2D eigenvalue weighted by atomic mass is 9.90. The maximum atomic E-state index is 12.1. The van der Waals surface area contributed by atoms with Crippen molar-refractivity contribution >= 4 is 23.4 Å². The summed E-state index contributed by atoms with van der Waals surface area (Å²) in [6.07, 6.45) is 6.83. The molecule has 0 radical (unpaired) electrons. The molecule has 1 aliphatic heterocycles. The van der Waals surface area contributed by atoms with Crippen molar-refractivity contribution in [3.05, 3.63) is 65.9 Å². The second kappa shape index (κ2) is 10.4. The van der Waals surface area contributed by atoms with Crippen LogP contribution < -0.4 is 27.4 Å². The van der Waals surface area contributed by atoms with Crippen molar-refractivity contribution in [1.29, 1.82) is 0 Å². The van der Waals surface area contributed by atoms with Crippen LogP contribution in [0.5, 0.6) is 0 Å². The fourth-order valence-electron chi connectivity index (χ4n) is 5.17. The number of hydrogen-bond acceptors (Lipinski definition) is 7. The number of rotatable bonds is 7. The van der Waals surface area contributed by atoms with E-state index in [1.54, 1.807) is 0 Å². The third-order valence-electron chi connectivity index (χ3n) is 7.09. The normalized spacial score (nSPS) is 22.0. The number of benzene rings is 2. The molecule has 5 rings (SSSR count). The van der Waals surface area contributed by atoms with E-state index in [2.05, 4.69) is 62.3 Å². The van der Waals surface area contributed by atoms with E-state index < -0.39 is 5.91 Å². The van der Waals surface area contributed by atoms with Crippen LogP contribution in [0.1, 0.15) is 53.9 Å². The van der Waals surface area contributed by atoms with E-state index in [1.165, 1.54) is 17.3 Å². The quantitative estimate of drug-likeness (QED) is 0.355. The fraction of sp³-hybridized carbons (Fsp3) is 0.370. The van der Waals surface area contributed by atoms with Crippen molar-refractivity contribution in [3.8, 4) is 11.1 Å². The predicted molar refractivity (Wildman–Crippen MR) is 140 cm³/mol. The van der Waals surface area contributed by atoms with Crippen LogP contribution in [0.2, 0.25) is 0 Å². The van der Waals surface area contributed by atoms with E-state index in [-0.39, 0.29) is 17.6 Å². The maximum absolute atomic E-state index is 12.1. The highest BCUT2D eigenvalue weighted by molar-refractivity contribution is 5.98. The first kappa shape index (κ1) is 23.3. The summed E-state index contributed by atoms with van der Waals surface area (Å²) in [5, 5.41) is 10.1. The summed E-state index contributed by atoms with van der Waals surface area (Å²) < 4.78 is 0. The van der Waals surface area contributed by atoms with Crippen LogP contribution in [0, 0.1) is 0 Å². The molecule has 7 N–H and O–H groups in total. The van der Waals surface area contributed by atoms with Gasteiger partial charge in [-0.15, -0.1) is 0 Å². The number of carbonyl (C=O) groups excluding carboxylic acids is 1. The summed E-state index contributed by atoms with van der Waals surface area (Å²) in [5.41, 5.74) is 16.7. The highest BCUT2D eigenvalue weighted by atomic mass is 16.1. The van der Waals surface area contributed by atoms with Crippen molar-refractivity contribution in [3.63, 3.8) is 0 Å². The van der Waals surface area contributed by atoms with Crippen molar-refractivity contribution in [2.45, 2.75) is 50.1 Å². The Hall–Kier alpha value is -3.49. The standard InChI is InChI=1S/C27H33N7O/c28-23-10-3-4-11-24(23)33-27-31-16-22(25(29)35)26(34-27)32-19-7-5-6-17(14-19)20-8-1-2-9-21(20)18-12-13-30-15-18/h1-2,5-9,14,16,18,23-24,30H,3-4,10-13,15,28H2,(H2,29,35)(H2,31,32,33,34)/t18?,23-,24+/m0/s1. The molecule has 0 bridgehead atoms. The van der Waals surface area contributed by atoms with Gasteiger partial charge in [-0.3, -0.25) is 4.79 Å². The number of nitrogens with two attached hydrogens (primary N) is 2. The SMILES string of the molecule is NC(=O)c1cnc(N[C@@H]2CCCC[C@@H]2N)nc1Nc1cccc(-c2ccccc2C2CCNC2)c1. The molecule has 182 valence electrons. The van der Waals surface area contributed by atoms with Gasteiger partial charge in [-0.1, -0.05) is 49.2 Å². The molecule has 3 aromatic rings. The zero-order valence-electron chi connectivity index (χ0n) is 19.8. The second-order valence-corrected chi connectivity index (χ2v) is 9.50. The molecule has 35 heavy (non-hydrogen) atoms. The van der Waals surface area contributed by atoms with Gasteiger partial charge in [0.15, 0.2) is 0 Å². The molecule has 2 aromatic carbocycles. The summed E-state index contributed by atoms with van der Waals surface area (Å²) in [5.74, 6) is 0.745. The Morgan fingerprint density at radius 1 is 1.06 bits per heavy atom. The Kier molecular flexibility index (Phi) is 6.92. The van der Waals surface area contributed by atoms with Gasteiger partial charge < -0.3 is 27.4 Å². The monoisotopic (exact) mass is 471 g/mol. The van der Waals surface area contributed by atoms with E-state index >= 15 is 0 Å². The molecule has 3 atom stereocenters. The molecule has 2 fully saturated rings. The number of hydrogen-bond donors (Lipinski definition) is 5. The molecule has 8 nitrogen and oxygen atoms in total. The third kappa shape index (κ3) is 5.28. The summed E-state index contributed by atoms with van der Waals surface area (Å²) in [7, 11) is 0. The fourth-order valence-corrected chi connectivity index (χ4v) is 5.17. The average Bonchev–Trinajstić information content (AvgIpc) is 3.41. The maximum Gasteiger partial charge on any atom is 0.254 e. The van der Waals surface area contributed by atoms with E-state index in [0.29, 0.717) is 17.7 Å². The van der Waals surface area contributed by atoms with Gasteiger partial charge in [-0.05, 0) is 60.5 Å². The molecule has 8 heteroatoms. The number of aromatic nitrogens is 2. The number of anilines is 3. The molecule has 2 heterocycles. The molecule has 1 aromatic heterocycles. The number of nitrogens with zero attached hydrogens (tertiary/aromatic N) is 2. The van der Waals surface area contributed by atoms with Crippen LogP contribution in [0.4, 0.5) is 17.5 Å². The van der Waals surface area contributed by atoms with Crippen LogP contribution >= 0.6 is 0 Å². The summed E-state index contributed by atoms with van der Waals surface area (Å²) in [4.78, 5) is 21.0. The van der Waals surface area contributed by atoms with E-state index in [1.807, 2.05) is 12.1 Å². The number of carbonyl (C=O) groups is 1. The van der Waals surface area contributed by atoms with E-state index in [0.717, 1.165) is 56.4 Å². The first-order chi connectivity index (χ1) is 17.1. The van der Waals surface area contributed by atoms with Gasteiger partial charge in [-0.2, -0.15) is 4.98 Å². The van der Waals surface area contributed by atoms with Gasteiger partial charge in [-0.25, -0.2) is 4.98 Å². The Bertz CT molecular complexity index is 1190. The van der Waals surface area contributed by atoms with Gasteiger partial charge in [0.1, 0.15) is 11.4 Å². The van der Waals surface area contributed by atoms with Crippen LogP contribution in [0.3, 0.4) is 0 Å².